The van der Waals surface area contributed by atoms with Gasteiger partial charge in [0.1, 0.15) is 0 Å². The van der Waals surface area contributed by atoms with Crippen LogP contribution in [-0.4, -0.2) is 63.8 Å². The molecule has 0 aromatic carbocycles. The number of guanidine groups is 1. The smallest absolute Gasteiger partial charge is 0.215 e. The maximum Gasteiger partial charge on any atom is 0.215 e. The molecule has 1 aliphatic heterocycles. The Morgan fingerprint density at radius 1 is 1.17 bits per heavy atom. The fourth-order valence-electron chi connectivity index (χ4n) is 2.41. The van der Waals surface area contributed by atoms with Crippen molar-refractivity contribution in [2.24, 2.45) is 10.7 Å². The fraction of sp³-hybridized carbons (Fsp3) is 0.933. The number of hydrogen-bond acceptors (Lipinski definition) is 4. The molecule has 7 nitrogen and oxygen atoms in total. The van der Waals surface area contributed by atoms with E-state index in [4.69, 9.17) is 10.5 Å². The van der Waals surface area contributed by atoms with Gasteiger partial charge in [0.25, 0.3) is 0 Å². The number of nitrogens with two attached hydrogens (primary N) is 1. The second-order valence-electron chi connectivity index (χ2n) is 5.79. The zero-order chi connectivity index (χ0) is 17.0. The topological polar surface area (TPSA) is 97.0 Å². The average molecular weight is 349 g/mol. The summed E-state index contributed by atoms with van der Waals surface area (Å²) in [4.78, 5) is 4.23. The third kappa shape index (κ3) is 9.12. The number of nitrogens with zero attached hydrogens (tertiary/aromatic N) is 2. The summed E-state index contributed by atoms with van der Waals surface area (Å²) in [7, 11) is -3.24. The van der Waals surface area contributed by atoms with E-state index in [2.05, 4.69) is 17.2 Å². The van der Waals surface area contributed by atoms with Gasteiger partial charge in [-0.05, 0) is 6.42 Å². The second kappa shape index (κ2) is 11.6. The van der Waals surface area contributed by atoms with Crippen LogP contribution in [0.2, 0.25) is 0 Å². The summed E-state index contributed by atoms with van der Waals surface area (Å²) < 4.78 is 30.8. The highest BCUT2D eigenvalue weighted by atomic mass is 32.2. The van der Waals surface area contributed by atoms with Gasteiger partial charge >= 0.3 is 0 Å². The van der Waals surface area contributed by atoms with E-state index in [0.29, 0.717) is 38.8 Å². The molecule has 1 aliphatic rings. The first-order valence-corrected chi connectivity index (χ1v) is 10.3. The molecule has 1 heterocycles. The van der Waals surface area contributed by atoms with Crippen LogP contribution in [0.4, 0.5) is 0 Å². The van der Waals surface area contributed by atoms with Gasteiger partial charge in [0.15, 0.2) is 5.96 Å². The Morgan fingerprint density at radius 3 is 2.52 bits per heavy atom. The molecule has 0 aromatic heterocycles. The lowest BCUT2D eigenvalue weighted by atomic mass is 10.1. The molecule has 0 saturated carbocycles. The number of rotatable bonds is 11. The highest BCUT2D eigenvalue weighted by Gasteiger charge is 2.23. The molecule has 0 aromatic rings. The van der Waals surface area contributed by atoms with Crippen molar-refractivity contribution >= 4 is 16.0 Å². The normalized spacial score (nSPS) is 17.3. The summed E-state index contributed by atoms with van der Waals surface area (Å²) in [6.07, 6.45) is 7.27. The van der Waals surface area contributed by atoms with Gasteiger partial charge in [0, 0.05) is 26.2 Å². The Labute approximate surface area is 140 Å². The molecule has 23 heavy (non-hydrogen) atoms. The second-order valence-corrected chi connectivity index (χ2v) is 7.88. The summed E-state index contributed by atoms with van der Waals surface area (Å²) >= 11 is 0. The van der Waals surface area contributed by atoms with Crippen molar-refractivity contribution in [3.63, 3.8) is 0 Å². The monoisotopic (exact) mass is 348 g/mol. The van der Waals surface area contributed by atoms with Crippen molar-refractivity contribution < 1.29 is 13.2 Å². The number of morpholine rings is 1. The van der Waals surface area contributed by atoms with E-state index in [-0.39, 0.29) is 12.3 Å². The standard InChI is InChI=1S/C15H32N4O3S/c1-2-3-4-5-6-7-8-17-15(16)18-9-14-23(20,21)19-10-12-22-13-11-19/h2-14H2,1H3,(H3,16,17,18). The van der Waals surface area contributed by atoms with E-state index in [0.717, 1.165) is 6.42 Å². The zero-order valence-electron chi connectivity index (χ0n) is 14.3. The third-order valence-corrected chi connectivity index (χ3v) is 5.70. The lowest BCUT2D eigenvalue weighted by molar-refractivity contribution is 0.0730. The molecule has 0 radical (unpaired) electrons. The summed E-state index contributed by atoms with van der Waals surface area (Å²) in [5, 5.41) is 2.88. The van der Waals surface area contributed by atoms with Gasteiger partial charge in [-0.2, -0.15) is 4.31 Å². The van der Waals surface area contributed by atoms with E-state index in [9.17, 15) is 8.42 Å². The minimum absolute atomic E-state index is 0.0280. The summed E-state index contributed by atoms with van der Waals surface area (Å²) in [6, 6.07) is 0. The van der Waals surface area contributed by atoms with Gasteiger partial charge in [-0.15, -0.1) is 0 Å². The molecule has 1 fully saturated rings. The first kappa shape index (κ1) is 20.2. The van der Waals surface area contributed by atoms with Crippen molar-refractivity contribution in [2.45, 2.75) is 45.4 Å². The molecule has 136 valence electrons. The Morgan fingerprint density at radius 2 is 1.83 bits per heavy atom. The average Bonchev–Trinajstić information content (AvgIpc) is 2.54. The van der Waals surface area contributed by atoms with Gasteiger partial charge < -0.3 is 15.8 Å². The molecular weight excluding hydrogens is 316 g/mol. The molecule has 0 unspecified atom stereocenters. The van der Waals surface area contributed by atoms with Gasteiger partial charge in [0.2, 0.25) is 10.0 Å². The predicted molar refractivity (Wildman–Crippen MR) is 94.0 cm³/mol. The van der Waals surface area contributed by atoms with Crippen LogP contribution in [0.1, 0.15) is 45.4 Å². The Balaban J connectivity index is 2.12. The van der Waals surface area contributed by atoms with Gasteiger partial charge in [-0.3, -0.25) is 4.99 Å². The Bertz CT molecular complexity index is 434. The molecule has 1 rings (SSSR count). The number of ether oxygens (including phenoxy) is 1. The number of nitrogens with one attached hydrogen (secondary N) is 1. The van der Waals surface area contributed by atoms with E-state index in [1.807, 2.05) is 0 Å². The Hall–Kier alpha value is -0.860. The van der Waals surface area contributed by atoms with Crippen molar-refractivity contribution in [1.29, 1.82) is 0 Å². The lowest BCUT2D eigenvalue weighted by Crippen LogP contribution is -2.44. The highest BCUT2D eigenvalue weighted by molar-refractivity contribution is 7.89. The molecule has 0 amide bonds. The van der Waals surface area contributed by atoms with Crippen LogP contribution in [-0.2, 0) is 14.8 Å². The molecule has 1 saturated heterocycles. The maximum atomic E-state index is 12.1. The van der Waals surface area contributed by atoms with Gasteiger partial charge in [-0.1, -0.05) is 39.0 Å². The summed E-state index contributed by atoms with van der Waals surface area (Å²) in [6.45, 7) is 4.99. The van der Waals surface area contributed by atoms with Crippen LogP contribution in [0.15, 0.2) is 4.99 Å². The highest BCUT2D eigenvalue weighted by Crippen LogP contribution is 2.05. The molecule has 3 N–H and O–H groups in total. The number of sulfonamides is 1. The van der Waals surface area contributed by atoms with Crippen molar-refractivity contribution in [3.05, 3.63) is 0 Å². The SMILES string of the molecule is CCCCCCCCN=C(N)NCCS(=O)(=O)N1CCOCC1. The quantitative estimate of drug-likeness (QED) is 0.329. The summed E-state index contributed by atoms with van der Waals surface area (Å²) in [5.74, 6) is 0.357. The number of aliphatic imine (C=N–C) groups is 1. The van der Waals surface area contributed by atoms with Crippen molar-refractivity contribution in [1.82, 2.24) is 9.62 Å². The van der Waals surface area contributed by atoms with Crippen LogP contribution in [0.25, 0.3) is 0 Å². The van der Waals surface area contributed by atoms with Gasteiger partial charge in [-0.25, -0.2) is 8.42 Å². The van der Waals surface area contributed by atoms with Crippen LogP contribution in [0.3, 0.4) is 0 Å². The van der Waals surface area contributed by atoms with Crippen molar-refractivity contribution in [2.75, 3.05) is 45.1 Å². The minimum Gasteiger partial charge on any atom is -0.379 e. The Kier molecular flexibility index (Phi) is 10.2. The van der Waals surface area contributed by atoms with Crippen LogP contribution in [0.5, 0.6) is 0 Å². The van der Waals surface area contributed by atoms with Crippen LogP contribution >= 0.6 is 0 Å². The van der Waals surface area contributed by atoms with E-state index < -0.39 is 10.0 Å². The predicted octanol–water partition coefficient (Wildman–Crippen LogP) is 0.913. The number of hydrogen-bond donors (Lipinski definition) is 2. The van der Waals surface area contributed by atoms with Crippen molar-refractivity contribution in [3.8, 4) is 0 Å². The fourth-order valence-corrected chi connectivity index (χ4v) is 3.73. The molecular formula is C15H32N4O3S. The molecule has 8 heteroatoms. The first-order chi connectivity index (χ1) is 11.1. The molecule has 0 atom stereocenters. The number of unbranched alkanes of at least 4 members (excludes halogenated alkanes) is 5. The van der Waals surface area contributed by atoms with E-state index in [1.54, 1.807) is 0 Å². The minimum atomic E-state index is -3.24. The first-order valence-electron chi connectivity index (χ1n) is 8.65. The maximum absolute atomic E-state index is 12.1. The van der Waals surface area contributed by atoms with Crippen LogP contribution in [0, 0.1) is 0 Å². The van der Waals surface area contributed by atoms with Gasteiger partial charge in [0.05, 0.1) is 19.0 Å². The zero-order valence-corrected chi connectivity index (χ0v) is 15.1. The largest absolute Gasteiger partial charge is 0.379 e. The van der Waals surface area contributed by atoms with E-state index >= 15 is 0 Å². The summed E-state index contributed by atoms with van der Waals surface area (Å²) in [5.41, 5.74) is 5.75. The molecule has 0 aliphatic carbocycles. The van der Waals surface area contributed by atoms with E-state index in [1.165, 1.54) is 36.4 Å². The lowest BCUT2D eigenvalue weighted by Gasteiger charge is -2.26. The third-order valence-electron chi connectivity index (χ3n) is 3.82. The molecule has 0 bridgehead atoms. The molecule has 0 spiro atoms. The van der Waals surface area contributed by atoms with Crippen LogP contribution < -0.4 is 11.1 Å².